The predicted octanol–water partition coefficient (Wildman–Crippen LogP) is 0.996. The minimum absolute atomic E-state index is 0.0579. The molecule has 0 unspecified atom stereocenters. The number of pyridine rings is 1. The molecule has 2 heterocycles. The molecule has 0 saturated heterocycles. The third-order valence-corrected chi connectivity index (χ3v) is 4.34. The molecule has 0 spiro atoms. The maximum absolute atomic E-state index is 12.1. The maximum atomic E-state index is 12.1. The van der Waals surface area contributed by atoms with Gasteiger partial charge in [-0.2, -0.15) is 0 Å². The molecule has 2 aromatic heterocycles. The Morgan fingerprint density at radius 3 is 2.80 bits per heavy atom. The van der Waals surface area contributed by atoms with E-state index in [1.165, 1.54) is 6.07 Å². The van der Waals surface area contributed by atoms with Gasteiger partial charge >= 0.3 is 0 Å². The van der Waals surface area contributed by atoms with E-state index < -0.39 is 10.0 Å². The first-order chi connectivity index (χ1) is 9.53. The third-order valence-electron chi connectivity index (χ3n) is 2.77. The highest BCUT2D eigenvalue weighted by Crippen LogP contribution is 2.19. The van der Waals surface area contributed by atoms with E-state index in [4.69, 9.17) is 9.52 Å². The molecule has 0 aliphatic heterocycles. The Bertz CT molecular complexity index is 665. The fourth-order valence-electron chi connectivity index (χ4n) is 1.81. The molecule has 0 aliphatic carbocycles. The van der Waals surface area contributed by atoms with E-state index >= 15 is 0 Å². The van der Waals surface area contributed by atoms with Crippen molar-refractivity contribution in [3.63, 3.8) is 0 Å². The van der Waals surface area contributed by atoms with E-state index in [2.05, 4.69) is 9.71 Å². The topological polar surface area (TPSA) is 92.4 Å². The molecule has 20 heavy (non-hydrogen) atoms. The number of nitrogens with zero attached hydrogens (tertiary/aromatic N) is 1. The number of aliphatic hydroxyl groups is 1. The van der Waals surface area contributed by atoms with Crippen LogP contribution in [-0.2, 0) is 23.1 Å². The fourth-order valence-corrected chi connectivity index (χ4v) is 3.04. The van der Waals surface area contributed by atoms with Crippen molar-refractivity contribution >= 4 is 10.0 Å². The van der Waals surface area contributed by atoms with Crippen LogP contribution in [0.2, 0.25) is 0 Å². The Labute approximate surface area is 117 Å². The van der Waals surface area contributed by atoms with E-state index in [0.717, 1.165) is 5.69 Å². The third kappa shape index (κ3) is 3.44. The van der Waals surface area contributed by atoms with Gasteiger partial charge in [-0.25, -0.2) is 13.1 Å². The van der Waals surface area contributed by atoms with E-state index in [0.29, 0.717) is 6.42 Å². The van der Waals surface area contributed by atoms with Gasteiger partial charge in [0.2, 0.25) is 10.0 Å². The lowest BCUT2D eigenvalue weighted by Crippen LogP contribution is -2.26. The summed E-state index contributed by atoms with van der Waals surface area (Å²) in [5.41, 5.74) is 0.815. The summed E-state index contributed by atoms with van der Waals surface area (Å²) in [6.45, 7) is 1.47. The molecule has 0 fully saturated rings. The maximum Gasteiger partial charge on any atom is 0.244 e. The van der Waals surface area contributed by atoms with Crippen LogP contribution in [0, 0.1) is 6.92 Å². The number of nitrogens with one attached hydrogen (secondary N) is 1. The molecular weight excluding hydrogens is 280 g/mol. The Morgan fingerprint density at radius 2 is 2.20 bits per heavy atom. The number of furan rings is 1. The molecule has 0 atom stereocenters. The van der Waals surface area contributed by atoms with E-state index in [1.54, 1.807) is 19.2 Å². The first-order valence-corrected chi connectivity index (χ1v) is 7.61. The van der Waals surface area contributed by atoms with E-state index in [1.807, 2.05) is 12.1 Å². The molecule has 0 saturated carbocycles. The van der Waals surface area contributed by atoms with Crippen LogP contribution < -0.4 is 4.72 Å². The van der Waals surface area contributed by atoms with Crippen molar-refractivity contribution in [1.82, 2.24) is 9.71 Å². The number of aliphatic hydroxyl groups excluding tert-OH is 1. The molecule has 7 heteroatoms. The van der Waals surface area contributed by atoms with Crippen molar-refractivity contribution in [3.8, 4) is 0 Å². The zero-order valence-corrected chi connectivity index (χ0v) is 11.9. The number of sulfonamides is 1. The molecule has 2 aromatic rings. The molecule has 0 aliphatic rings. The largest absolute Gasteiger partial charge is 0.462 e. The summed E-state index contributed by atoms with van der Waals surface area (Å²) in [4.78, 5) is 4.18. The summed E-state index contributed by atoms with van der Waals surface area (Å²) in [6, 6.07) is 6.82. The predicted molar refractivity (Wildman–Crippen MR) is 72.5 cm³/mol. The van der Waals surface area contributed by atoms with Crippen LogP contribution in [0.15, 0.2) is 39.8 Å². The van der Waals surface area contributed by atoms with Gasteiger partial charge in [-0.1, -0.05) is 6.07 Å². The Morgan fingerprint density at radius 1 is 1.40 bits per heavy atom. The zero-order valence-electron chi connectivity index (χ0n) is 11.0. The molecule has 0 aromatic carbocycles. The smallest absolute Gasteiger partial charge is 0.244 e. The molecule has 6 nitrogen and oxygen atoms in total. The van der Waals surface area contributed by atoms with Gasteiger partial charge in [0.15, 0.2) is 0 Å². The Balaban J connectivity index is 2.02. The molecule has 0 bridgehead atoms. The van der Waals surface area contributed by atoms with E-state index in [9.17, 15) is 8.42 Å². The van der Waals surface area contributed by atoms with Gasteiger partial charge in [0, 0.05) is 30.9 Å². The van der Waals surface area contributed by atoms with Crippen molar-refractivity contribution < 1.29 is 17.9 Å². The molecular formula is C13H16N2O4S. The minimum atomic E-state index is -3.63. The monoisotopic (exact) mass is 296 g/mol. The van der Waals surface area contributed by atoms with Crippen molar-refractivity contribution in [2.75, 3.05) is 6.54 Å². The van der Waals surface area contributed by atoms with Crippen LogP contribution in [0.25, 0.3) is 0 Å². The van der Waals surface area contributed by atoms with Crippen LogP contribution in [0.5, 0.6) is 0 Å². The summed E-state index contributed by atoms with van der Waals surface area (Å²) < 4.78 is 31.8. The van der Waals surface area contributed by atoms with Crippen molar-refractivity contribution in [3.05, 3.63) is 47.7 Å². The highest BCUT2D eigenvalue weighted by Gasteiger charge is 2.20. The van der Waals surface area contributed by atoms with Crippen LogP contribution >= 0.6 is 0 Å². The van der Waals surface area contributed by atoms with Gasteiger partial charge < -0.3 is 9.52 Å². The Hall–Kier alpha value is -1.70. The molecule has 2 N–H and O–H groups in total. The fraction of sp³-hybridized carbons (Fsp3) is 0.308. The summed E-state index contributed by atoms with van der Waals surface area (Å²) in [7, 11) is -3.63. The molecule has 2 rings (SSSR count). The van der Waals surface area contributed by atoms with Crippen molar-refractivity contribution in [2.45, 2.75) is 24.8 Å². The first-order valence-electron chi connectivity index (χ1n) is 6.12. The summed E-state index contributed by atoms with van der Waals surface area (Å²) in [6.07, 6.45) is 2.17. The number of hydrogen-bond acceptors (Lipinski definition) is 5. The van der Waals surface area contributed by atoms with Gasteiger partial charge in [0.1, 0.15) is 23.0 Å². The number of aromatic nitrogens is 1. The zero-order chi connectivity index (χ0) is 14.6. The second kappa shape index (κ2) is 6.17. The van der Waals surface area contributed by atoms with Gasteiger partial charge in [0.25, 0.3) is 0 Å². The average molecular weight is 296 g/mol. The highest BCUT2D eigenvalue weighted by atomic mass is 32.2. The van der Waals surface area contributed by atoms with Gasteiger partial charge in [-0.05, 0) is 19.1 Å². The highest BCUT2D eigenvalue weighted by molar-refractivity contribution is 7.89. The normalized spacial score (nSPS) is 11.7. The minimum Gasteiger partial charge on any atom is -0.462 e. The first kappa shape index (κ1) is 14.7. The summed E-state index contributed by atoms with van der Waals surface area (Å²) in [5.74, 6) is 0.493. The van der Waals surface area contributed by atoms with Gasteiger partial charge in [0.05, 0.1) is 0 Å². The standard InChI is InChI=1S/C13H16N2O4S/c1-10-13(8-12(9-16)19-10)20(17,18)15-7-5-11-4-2-3-6-14-11/h2-4,6,8,15-16H,5,7,9H2,1H3. The second-order valence-corrected chi connectivity index (χ2v) is 6.00. The van der Waals surface area contributed by atoms with Crippen molar-refractivity contribution in [1.29, 1.82) is 0 Å². The second-order valence-electron chi connectivity index (χ2n) is 4.26. The van der Waals surface area contributed by atoms with E-state index in [-0.39, 0.29) is 29.6 Å². The number of hydrogen-bond donors (Lipinski definition) is 2. The molecule has 108 valence electrons. The lowest BCUT2D eigenvalue weighted by molar-refractivity contribution is 0.244. The lowest BCUT2D eigenvalue weighted by Gasteiger charge is -2.05. The Kier molecular flexibility index (Phi) is 4.53. The van der Waals surface area contributed by atoms with Crippen LogP contribution in [0.3, 0.4) is 0 Å². The summed E-state index contributed by atoms with van der Waals surface area (Å²) in [5, 5.41) is 8.95. The van der Waals surface area contributed by atoms with Crippen LogP contribution in [0.1, 0.15) is 17.2 Å². The van der Waals surface area contributed by atoms with Crippen LogP contribution in [0.4, 0.5) is 0 Å². The number of aryl methyl sites for hydroxylation is 1. The van der Waals surface area contributed by atoms with Crippen molar-refractivity contribution in [2.24, 2.45) is 0 Å². The SMILES string of the molecule is Cc1oc(CO)cc1S(=O)(=O)NCCc1ccccn1. The van der Waals surface area contributed by atoms with Crippen LogP contribution in [-0.4, -0.2) is 25.1 Å². The lowest BCUT2D eigenvalue weighted by atomic mass is 10.3. The average Bonchev–Trinajstić information content (AvgIpc) is 2.82. The molecule has 0 amide bonds. The summed E-state index contributed by atoms with van der Waals surface area (Å²) >= 11 is 0. The molecule has 0 radical (unpaired) electrons. The quantitative estimate of drug-likeness (QED) is 0.829. The van der Waals surface area contributed by atoms with Gasteiger partial charge in [-0.3, -0.25) is 4.98 Å². The number of rotatable bonds is 6. The van der Waals surface area contributed by atoms with Gasteiger partial charge in [-0.15, -0.1) is 0 Å².